The molecule has 0 spiro atoms. The van der Waals surface area contributed by atoms with E-state index in [-0.39, 0.29) is 18.4 Å². The molecule has 6 nitrogen and oxygen atoms in total. The van der Waals surface area contributed by atoms with Gasteiger partial charge in [0.25, 0.3) is 0 Å². The number of aliphatic carboxylic acids is 1. The van der Waals surface area contributed by atoms with Crippen LogP contribution in [0, 0.1) is 11.3 Å². The summed E-state index contributed by atoms with van der Waals surface area (Å²) in [6.07, 6.45) is 1.85. The number of anilines is 2. The Morgan fingerprint density at radius 3 is 2.45 bits per heavy atom. The summed E-state index contributed by atoms with van der Waals surface area (Å²) < 4.78 is 5.54. The summed E-state index contributed by atoms with van der Waals surface area (Å²) in [5.41, 5.74) is 4.74. The summed E-state index contributed by atoms with van der Waals surface area (Å²) >= 11 is 0. The van der Waals surface area contributed by atoms with Crippen LogP contribution in [0.2, 0.25) is 0 Å². The molecule has 1 aliphatic rings. The number of carbonyl (C=O) groups is 1. The van der Waals surface area contributed by atoms with Crippen LogP contribution in [0.4, 0.5) is 11.4 Å². The first kappa shape index (κ1) is 22.8. The van der Waals surface area contributed by atoms with Gasteiger partial charge in [-0.2, -0.15) is 5.26 Å². The standard InChI is InChI=1S/C25H31N3O3/c1-3-19(16-25(29)30)20-7-10-22(24(4-2)28-11-13-31-14-12-28)23(15-20)27-21-8-5-18(17-26)6-9-21/h5-10,15,19,24,27H,3-4,11-14,16H2,1-2H3,(H,29,30)/t19?,24-/m1/s1. The number of carboxylic acid groups (broad SMARTS) is 1. The van der Waals surface area contributed by atoms with Crippen molar-refractivity contribution < 1.29 is 14.6 Å². The number of hydrogen-bond acceptors (Lipinski definition) is 5. The molecule has 3 rings (SSSR count). The average Bonchev–Trinajstić information content (AvgIpc) is 2.80. The van der Waals surface area contributed by atoms with E-state index >= 15 is 0 Å². The van der Waals surface area contributed by atoms with E-state index in [1.54, 1.807) is 12.1 Å². The molecule has 0 aromatic heterocycles. The fourth-order valence-electron chi connectivity index (χ4n) is 4.28. The molecule has 1 saturated heterocycles. The topological polar surface area (TPSA) is 85.6 Å². The van der Waals surface area contributed by atoms with Gasteiger partial charge in [-0.25, -0.2) is 0 Å². The van der Waals surface area contributed by atoms with Crippen molar-refractivity contribution in [2.75, 3.05) is 31.6 Å². The third kappa shape index (κ3) is 5.84. The van der Waals surface area contributed by atoms with Crippen LogP contribution in [-0.4, -0.2) is 42.3 Å². The summed E-state index contributed by atoms with van der Waals surface area (Å²) in [5.74, 6) is -0.811. The molecule has 2 N–H and O–H groups in total. The number of nitriles is 1. The van der Waals surface area contributed by atoms with E-state index in [0.717, 1.165) is 56.1 Å². The van der Waals surface area contributed by atoms with Crippen LogP contribution in [0.1, 0.15) is 61.8 Å². The van der Waals surface area contributed by atoms with E-state index < -0.39 is 5.97 Å². The highest BCUT2D eigenvalue weighted by molar-refractivity contribution is 5.69. The molecule has 0 bridgehead atoms. The minimum atomic E-state index is -0.780. The molecule has 1 unspecified atom stereocenters. The number of ether oxygens (including phenoxy) is 1. The molecule has 0 radical (unpaired) electrons. The van der Waals surface area contributed by atoms with Gasteiger partial charge in [0, 0.05) is 30.5 Å². The van der Waals surface area contributed by atoms with Crippen LogP contribution in [0.15, 0.2) is 42.5 Å². The van der Waals surface area contributed by atoms with E-state index in [2.05, 4.69) is 41.4 Å². The summed E-state index contributed by atoms with van der Waals surface area (Å²) in [4.78, 5) is 13.8. The molecule has 1 fully saturated rings. The van der Waals surface area contributed by atoms with E-state index in [0.29, 0.717) is 5.56 Å². The first-order chi connectivity index (χ1) is 15.0. The van der Waals surface area contributed by atoms with Crippen molar-refractivity contribution in [1.29, 1.82) is 5.26 Å². The third-order valence-electron chi connectivity index (χ3n) is 5.99. The normalized spacial score (nSPS) is 16.3. The fourth-order valence-corrected chi connectivity index (χ4v) is 4.28. The highest BCUT2D eigenvalue weighted by atomic mass is 16.5. The van der Waals surface area contributed by atoms with Crippen molar-refractivity contribution in [3.63, 3.8) is 0 Å². The van der Waals surface area contributed by atoms with Gasteiger partial charge in [0.2, 0.25) is 0 Å². The highest BCUT2D eigenvalue weighted by Gasteiger charge is 2.24. The van der Waals surface area contributed by atoms with Gasteiger partial charge in [0.15, 0.2) is 0 Å². The summed E-state index contributed by atoms with van der Waals surface area (Å²) in [5, 5.41) is 21.9. The quantitative estimate of drug-likeness (QED) is 0.589. The van der Waals surface area contributed by atoms with Crippen molar-refractivity contribution in [3.8, 4) is 6.07 Å². The van der Waals surface area contributed by atoms with Crippen LogP contribution in [0.25, 0.3) is 0 Å². The van der Waals surface area contributed by atoms with E-state index in [4.69, 9.17) is 10.00 Å². The van der Waals surface area contributed by atoms with E-state index in [1.807, 2.05) is 19.1 Å². The molecule has 31 heavy (non-hydrogen) atoms. The van der Waals surface area contributed by atoms with Crippen LogP contribution < -0.4 is 5.32 Å². The Kier molecular flexibility index (Phi) is 8.05. The van der Waals surface area contributed by atoms with Crippen molar-refractivity contribution in [2.45, 2.75) is 45.1 Å². The van der Waals surface area contributed by atoms with Gasteiger partial charge in [-0.3, -0.25) is 9.69 Å². The molecule has 0 aliphatic carbocycles. The molecular weight excluding hydrogens is 390 g/mol. The predicted molar refractivity (Wildman–Crippen MR) is 122 cm³/mol. The zero-order chi connectivity index (χ0) is 22.2. The van der Waals surface area contributed by atoms with Gasteiger partial charge < -0.3 is 15.2 Å². The van der Waals surface area contributed by atoms with Gasteiger partial charge in [0.05, 0.1) is 31.3 Å². The van der Waals surface area contributed by atoms with Crippen LogP contribution >= 0.6 is 0 Å². The molecule has 6 heteroatoms. The molecular formula is C25H31N3O3. The Labute approximate surface area is 184 Å². The lowest BCUT2D eigenvalue weighted by Crippen LogP contribution is -2.39. The lowest BCUT2D eigenvalue weighted by molar-refractivity contribution is -0.137. The zero-order valence-corrected chi connectivity index (χ0v) is 18.3. The molecule has 2 aromatic rings. The lowest BCUT2D eigenvalue weighted by atomic mass is 9.90. The fraction of sp³-hybridized carbons (Fsp3) is 0.440. The van der Waals surface area contributed by atoms with Crippen LogP contribution in [-0.2, 0) is 9.53 Å². The summed E-state index contributed by atoms with van der Waals surface area (Å²) in [6.45, 7) is 7.49. The predicted octanol–water partition coefficient (Wildman–Crippen LogP) is 5.05. The van der Waals surface area contributed by atoms with E-state index in [1.165, 1.54) is 5.56 Å². The number of rotatable bonds is 9. The second-order valence-corrected chi connectivity index (χ2v) is 7.94. The van der Waals surface area contributed by atoms with Crippen LogP contribution in [0.3, 0.4) is 0 Å². The Balaban J connectivity index is 1.99. The molecule has 0 saturated carbocycles. The minimum absolute atomic E-state index is 0.0310. The number of nitrogens with one attached hydrogen (secondary N) is 1. The number of morpholine rings is 1. The van der Waals surface area contributed by atoms with Crippen molar-refractivity contribution >= 4 is 17.3 Å². The second-order valence-electron chi connectivity index (χ2n) is 7.94. The maximum absolute atomic E-state index is 11.3. The smallest absolute Gasteiger partial charge is 0.303 e. The van der Waals surface area contributed by atoms with Crippen molar-refractivity contribution in [3.05, 3.63) is 59.2 Å². The van der Waals surface area contributed by atoms with Crippen molar-refractivity contribution in [2.24, 2.45) is 0 Å². The summed E-state index contributed by atoms with van der Waals surface area (Å²) in [6, 6.07) is 16.1. The van der Waals surface area contributed by atoms with E-state index in [9.17, 15) is 9.90 Å². The SMILES string of the molecule is CCC(CC(=O)O)c1ccc([C@@H](CC)N2CCOCC2)c(Nc2ccc(C#N)cc2)c1. The van der Waals surface area contributed by atoms with Gasteiger partial charge in [-0.05, 0) is 60.2 Å². The van der Waals surface area contributed by atoms with Gasteiger partial charge in [-0.1, -0.05) is 26.0 Å². The summed E-state index contributed by atoms with van der Waals surface area (Å²) in [7, 11) is 0. The second kappa shape index (κ2) is 10.9. The number of hydrogen-bond donors (Lipinski definition) is 2. The molecule has 0 amide bonds. The highest BCUT2D eigenvalue weighted by Crippen LogP contribution is 2.36. The van der Waals surface area contributed by atoms with Crippen LogP contribution in [0.5, 0.6) is 0 Å². The molecule has 1 aliphatic heterocycles. The number of nitrogens with zero attached hydrogens (tertiary/aromatic N) is 2. The Morgan fingerprint density at radius 2 is 1.87 bits per heavy atom. The molecule has 164 valence electrons. The largest absolute Gasteiger partial charge is 0.481 e. The van der Waals surface area contributed by atoms with Gasteiger partial charge >= 0.3 is 5.97 Å². The van der Waals surface area contributed by atoms with Gasteiger partial charge in [0.1, 0.15) is 0 Å². The van der Waals surface area contributed by atoms with Crippen molar-refractivity contribution in [1.82, 2.24) is 4.90 Å². The Morgan fingerprint density at radius 1 is 1.16 bits per heavy atom. The monoisotopic (exact) mass is 421 g/mol. The first-order valence-corrected chi connectivity index (χ1v) is 11.0. The Hall–Kier alpha value is -2.88. The van der Waals surface area contributed by atoms with Gasteiger partial charge in [-0.15, -0.1) is 0 Å². The lowest BCUT2D eigenvalue weighted by Gasteiger charge is -2.35. The first-order valence-electron chi connectivity index (χ1n) is 11.0. The minimum Gasteiger partial charge on any atom is -0.481 e. The third-order valence-corrected chi connectivity index (χ3v) is 5.99. The molecule has 2 atom stereocenters. The zero-order valence-electron chi connectivity index (χ0n) is 18.3. The number of carboxylic acids is 1. The maximum atomic E-state index is 11.3. The number of benzene rings is 2. The average molecular weight is 422 g/mol. The molecule has 2 aromatic carbocycles. The Bertz CT molecular complexity index is 915. The molecule has 1 heterocycles. The maximum Gasteiger partial charge on any atom is 0.303 e.